The highest BCUT2D eigenvalue weighted by atomic mass is 32.2. The lowest BCUT2D eigenvalue weighted by Crippen LogP contribution is -2.26. The molecule has 1 aliphatic rings. The molecule has 1 fully saturated rings. The van der Waals surface area contributed by atoms with Crippen LogP contribution in [0.2, 0.25) is 0 Å². The van der Waals surface area contributed by atoms with Crippen LogP contribution in [0.4, 0.5) is 0 Å². The summed E-state index contributed by atoms with van der Waals surface area (Å²) in [5.74, 6) is 2.22. The van der Waals surface area contributed by atoms with Crippen LogP contribution in [-0.4, -0.2) is 11.8 Å². The number of rotatable bonds is 6. The van der Waals surface area contributed by atoms with Gasteiger partial charge in [0.1, 0.15) is 0 Å². The molecule has 2 rings (SSSR count). The molecule has 2 N–H and O–H groups in total. The predicted molar refractivity (Wildman–Crippen MR) is 86.6 cm³/mol. The van der Waals surface area contributed by atoms with Gasteiger partial charge < -0.3 is 5.73 Å². The van der Waals surface area contributed by atoms with Crippen LogP contribution in [0.1, 0.15) is 55.4 Å². The number of hydrogen-bond donors (Lipinski definition) is 1. The fraction of sp³-hybridized carbons (Fsp3) is 0.647. The van der Waals surface area contributed by atoms with Crippen LogP contribution in [0.5, 0.6) is 0 Å². The highest BCUT2D eigenvalue weighted by Crippen LogP contribution is 2.37. The van der Waals surface area contributed by atoms with Gasteiger partial charge in [-0.15, -0.1) is 0 Å². The highest BCUT2D eigenvalue weighted by Gasteiger charge is 2.22. The van der Waals surface area contributed by atoms with Gasteiger partial charge in [0.05, 0.1) is 0 Å². The zero-order valence-electron chi connectivity index (χ0n) is 12.3. The third-order valence-corrected chi connectivity index (χ3v) is 5.86. The Kier molecular flexibility index (Phi) is 5.77. The van der Waals surface area contributed by atoms with Gasteiger partial charge in [-0.3, -0.25) is 0 Å². The van der Waals surface area contributed by atoms with E-state index in [9.17, 15) is 0 Å². The fourth-order valence-corrected chi connectivity index (χ4v) is 4.54. The van der Waals surface area contributed by atoms with E-state index < -0.39 is 0 Å². The minimum absolute atomic E-state index is 0.271. The Morgan fingerprint density at radius 3 is 2.68 bits per heavy atom. The van der Waals surface area contributed by atoms with Crippen LogP contribution in [0.25, 0.3) is 0 Å². The van der Waals surface area contributed by atoms with Crippen molar-refractivity contribution in [1.82, 2.24) is 0 Å². The normalized spacial score (nSPS) is 19.5. The Labute approximate surface area is 122 Å². The van der Waals surface area contributed by atoms with E-state index in [4.69, 9.17) is 5.73 Å². The van der Waals surface area contributed by atoms with Crippen molar-refractivity contribution >= 4 is 11.8 Å². The Hall–Kier alpha value is -0.470. The third-order valence-electron chi connectivity index (χ3n) is 4.22. The molecular weight excluding hydrogens is 250 g/mol. The molecule has 0 saturated heterocycles. The maximum Gasteiger partial charge on any atom is 0.0448 e. The molecule has 2 unspecified atom stereocenters. The van der Waals surface area contributed by atoms with E-state index >= 15 is 0 Å². The van der Waals surface area contributed by atoms with E-state index in [1.54, 1.807) is 0 Å². The number of hydrogen-bond acceptors (Lipinski definition) is 2. The van der Waals surface area contributed by atoms with Gasteiger partial charge in [0.25, 0.3) is 0 Å². The van der Waals surface area contributed by atoms with Crippen molar-refractivity contribution in [2.24, 2.45) is 11.7 Å². The second kappa shape index (κ2) is 7.35. The Morgan fingerprint density at radius 1 is 1.32 bits per heavy atom. The van der Waals surface area contributed by atoms with Crippen molar-refractivity contribution in [2.45, 2.75) is 57.2 Å². The number of nitrogens with two attached hydrogens (primary N) is 1. The van der Waals surface area contributed by atoms with Gasteiger partial charge in [-0.25, -0.2) is 0 Å². The van der Waals surface area contributed by atoms with Crippen LogP contribution < -0.4 is 5.73 Å². The average Bonchev–Trinajstić information content (AvgIpc) is 2.92. The summed E-state index contributed by atoms with van der Waals surface area (Å²) in [6.45, 7) is 4.36. The first kappa shape index (κ1) is 14.9. The van der Waals surface area contributed by atoms with Gasteiger partial charge in [-0.1, -0.05) is 49.6 Å². The fourth-order valence-electron chi connectivity index (χ4n) is 2.94. The lowest BCUT2D eigenvalue weighted by Gasteiger charge is -2.24. The number of aryl methyl sites for hydroxylation is 1. The van der Waals surface area contributed by atoms with Crippen LogP contribution in [-0.2, 0) is 0 Å². The Morgan fingerprint density at radius 2 is 2.05 bits per heavy atom. The summed E-state index contributed by atoms with van der Waals surface area (Å²) in [6, 6.07) is 9.15. The first-order valence-corrected chi connectivity index (χ1v) is 8.69. The summed E-state index contributed by atoms with van der Waals surface area (Å²) in [6.07, 6.45) is 6.76. The Bertz CT molecular complexity index is 385. The van der Waals surface area contributed by atoms with Crippen molar-refractivity contribution in [2.75, 3.05) is 5.75 Å². The number of benzene rings is 1. The van der Waals surface area contributed by atoms with Gasteiger partial charge in [0.15, 0.2) is 0 Å². The molecule has 2 heteroatoms. The summed E-state index contributed by atoms with van der Waals surface area (Å²) in [5.41, 5.74) is 9.12. The van der Waals surface area contributed by atoms with Gasteiger partial charge in [-0.2, -0.15) is 11.8 Å². The molecule has 19 heavy (non-hydrogen) atoms. The smallest absolute Gasteiger partial charge is 0.0448 e. The Balaban J connectivity index is 2.02. The lowest BCUT2D eigenvalue weighted by atomic mass is 10.0. The predicted octanol–water partition coefficient (Wildman–Crippen LogP) is 4.70. The molecule has 0 heterocycles. The topological polar surface area (TPSA) is 26.0 Å². The summed E-state index contributed by atoms with van der Waals surface area (Å²) in [7, 11) is 0. The van der Waals surface area contributed by atoms with Crippen molar-refractivity contribution in [3.63, 3.8) is 0 Å². The molecule has 1 nitrogen and oxygen atoms in total. The average molecular weight is 277 g/mol. The summed E-state index contributed by atoms with van der Waals surface area (Å²) >= 11 is 2.09. The summed E-state index contributed by atoms with van der Waals surface area (Å²) in [5, 5.41) is 0.463. The van der Waals surface area contributed by atoms with Crippen molar-refractivity contribution in [3.05, 3.63) is 35.4 Å². The molecule has 106 valence electrons. The van der Waals surface area contributed by atoms with Crippen molar-refractivity contribution < 1.29 is 0 Å². The molecule has 1 aromatic carbocycles. The summed E-state index contributed by atoms with van der Waals surface area (Å²) < 4.78 is 0. The molecule has 0 aliphatic heterocycles. The molecular formula is C17H27NS. The van der Waals surface area contributed by atoms with E-state index in [2.05, 4.69) is 49.9 Å². The molecule has 1 aliphatic carbocycles. The first-order chi connectivity index (χ1) is 9.20. The van der Waals surface area contributed by atoms with E-state index in [1.165, 1.54) is 42.6 Å². The third kappa shape index (κ3) is 4.25. The molecule has 0 spiro atoms. The van der Waals surface area contributed by atoms with Crippen molar-refractivity contribution in [3.8, 4) is 0 Å². The van der Waals surface area contributed by atoms with E-state index in [0.29, 0.717) is 5.25 Å². The van der Waals surface area contributed by atoms with Gasteiger partial charge in [0.2, 0.25) is 0 Å². The van der Waals surface area contributed by atoms with Crippen LogP contribution in [0, 0.1) is 12.8 Å². The molecule has 0 radical (unpaired) electrons. The largest absolute Gasteiger partial charge is 0.326 e. The molecule has 1 saturated carbocycles. The zero-order valence-corrected chi connectivity index (χ0v) is 13.1. The van der Waals surface area contributed by atoms with E-state index in [0.717, 1.165) is 12.3 Å². The van der Waals surface area contributed by atoms with E-state index in [-0.39, 0.29) is 6.04 Å². The zero-order chi connectivity index (χ0) is 13.7. The van der Waals surface area contributed by atoms with Gasteiger partial charge >= 0.3 is 0 Å². The SMILES string of the molecule is CCC(N)C(SCC1CCCC1)c1cccc(C)c1. The van der Waals surface area contributed by atoms with E-state index in [1.807, 2.05) is 0 Å². The van der Waals surface area contributed by atoms with Crippen LogP contribution in [0.15, 0.2) is 24.3 Å². The standard InChI is InChI=1S/C17H27NS/c1-3-16(18)17(15-10-6-7-13(2)11-15)19-12-14-8-4-5-9-14/h6-7,10-11,14,16-17H,3-5,8-9,12,18H2,1-2H3. The maximum absolute atomic E-state index is 6.36. The highest BCUT2D eigenvalue weighted by molar-refractivity contribution is 7.99. The summed E-state index contributed by atoms with van der Waals surface area (Å²) in [4.78, 5) is 0. The number of thioether (sulfide) groups is 1. The molecule has 0 amide bonds. The van der Waals surface area contributed by atoms with Gasteiger partial charge in [0, 0.05) is 11.3 Å². The first-order valence-electron chi connectivity index (χ1n) is 7.64. The molecule has 0 aromatic heterocycles. The molecule has 0 bridgehead atoms. The monoisotopic (exact) mass is 277 g/mol. The maximum atomic E-state index is 6.36. The molecule has 1 aromatic rings. The van der Waals surface area contributed by atoms with Crippen LogP contribution >= 0.6 is 11.8 Å². The quantitative estimate of drug-likeness (QED) is 0.816. The minimum atomic E-state index is 0.271. The van der Waals surface area contributed by atoms with Crippen molar-refractivity contribution in [1.29, 1.82) is 0 Å². The molecule has 2 atom stereocenters. The second-order valence-corrected chi connectivity index (χ2v) is 7.07. The second-order valence-electron chi connectivity index (χ2n) is 5.89. The van der Waals surface area contributed by atoms with Gasteiger partial charge in [-0.05, 0) is 43.4 Å². The minimum Gasteiger partial charge on any atom is -0.326 e. The van der Waals surface area contributed by atoms with Crippen LogP contribution in [0.3, 0.4) is 0 Å². The lowest BCUT2D eigenvalue weighted by molar-refractivity contribution is 0.607.